The number of anilines is 2. The van der Waals surface area contributed by atoms with Gasteiger partial charge in [-0.25, -0.2) is 14.8 Å². The van der Waals surface area contributed by atoms with Crippen LogP contribution in [0.1, 0.15) is 58.7 Å². The van der Waals surface area contributed by atoms with Gasteiger partial charge in [0.25, 0.3) is 0 Å². The van der Waals surface area contributed by atoms with E-state index in [2.05, 4.69) is 29.4 Å². The largest absolute Gasteiger partial charge is 0.378 e. The van der Waals surface area contributed by atoms with E-state index >= 15 is 0 Å². The van der Waals surface area contributed by atoms with Crippen molar-refractivity contribution >= 4 is 17.5 Å². The summed E-state index contributed by atoms with van der Waals surface area (Å²) in [5, 5.41) is 5.55. The molecule has 4 rings (SSSR count). The molecule has 33 heavy (non-hydrogen) atoms. The average molecular weight is 456 g/mol. The predicted octanol–water partition coefficient (Wildman–Crippen LogP) is 4.69. The lowest BCUT2D eigenvalue weighted by atomic mass is 9.94. The molecular formula is C25H37N5O3. The Morgan fingerprint density at radius 1 is 1.12 bits per heavy atom. The van der Waals surface area contributed by atoms with Crippen molar-refractivity contribution in [1.29, 1.82) is 0 Å². The fourth-order valence-corrected chi connectivity index (χ4v) is 4.21. The van der Waals surface area contributed by atoms with Crippen LogP contribution in [0.5, 0.6) is 0 Å². The third-order valence-corrected chi connectivity index (χ3v) is 5.80. The van der Waals surface area contributed by atoms with E-state index in [4.69, 9.17) is 19.4 Å². The Labute approximate surface area is 197 Å². The van der Waals surface area contributed by atoms with Crippen molar-refractivity contribution in [2.24, 2.45) is 0 Å². The summed E-state index contributed by atoms with van der Waals surface area (Å²) in [6.45, 7) is 14.3. The second-order valence-electron chi connectivity index (χ2n) is 8.13. The van der Waals surface area contributed by atoms with Gasteiger partial charge in [-0.15, -0.1) is 0 Å². The normalized spacial score (nSPS) is 19.4. The maximum absolute atomic E-state index is 11.8. The maximum atomic E-state index is 11.8. The number of rotatable bonds is 6. The molecule has 1 aromatic carbocycles. The fourth-order valence-electron chi connectivity index (χ4n) is 4.21. The van der Waals surface area contributed by atoms with Crippen LogP contribution in [0.25, 0.3) is 11.4 Å². The molecule has 2 aliphatic heterocycles. The van der Waals surface area contributed by atoms with Crippen LogP contribution in [-0.4, -0.2) is 48.8 Å². The maximum Gasteiger partial charge on any atom is 0.319 e. The Morgan fingerprint density at radius 3 is 2.45 bits per heavy atom. The van der Waals surface area contributed by atoms with Gasteiger partial charge in [0.05, 0.1) is 25.5 Å². The van der Waals surface area contributed by atoms with Gasteiger partial charge in [-0.1, -0.05) is 27.2 Å². The van der Waals surface area contributed by atoms with Gasteiger partial charge >= 0.3 is 6.03 Å². The molecule has 8 nitrogen and oxygen atoms in total. The van der Waals surface area contributed by atoms with E-state index in [-0.39, 0.29) is 6.03 Å². The van der Waals surface area contributed by atoms with Crippen LogP contribution in [-0.2, 0) is 21.7 Å². The number of carbonyl (C=O) groups excluding carboxylic acids is 1. The number of nitrogens with zero attached hydrogens (tertiary/aromatic N) is 3. The van der Waals surface area contributed by atoms with Gasteiger partial charge in [0, 0.05) is 36.4 Å². The molecular weight excluding hydrogens is 418 g/mol. The van der Waals surface area contributed by atoms with Crippen LogP contribution >= 0.6 is 0 Å². The summed E-state index contributed by atoms with van der Waals surface area (Å²) in [7, 11) is 0. The van der Waals surface area contributed by atoms with Crippen LogP contribution in [0, 0.1) is 0 Å². The molecule has 1 unspecified atom stereocenters. The quantitative estimate of drug-likeness (QED) is 0.657. The smallest absolute Gasteiger partial charge is 0.319 e. The minimum atomic E-state index is -0.400. The third-order valence-electron chi connectivity index (χ3n) is 5.80. The monoisotopic (exact) mass is 455 g/mol. The number of morpholine rings is 1. The second-order valence-corrected chi connectivity index (χ2v) is 8.13. The minimum absolute atomic E-state index is 0.217. The van der Waals surface area contributed by atoms with Crippen LogP contribution in [0.4, 0.5) is 16.3 Å². The highest BCUT2D eigenvalue weighted by Crippen LogP contribution is 2.42. The van der Waals surface area contributed by atoms with E-state index in [1.54, 1.807) is 0 Å². The minimum Gasteiger partial charge on any atom is -0.378 e. The number of hydrogen-bond donors (Lipinski definition) is 2. The molecule has 0 spiro atoms. The molecule has 2 amide bonds. The van der Waals surface area contributed by atoms with E-state index in [9.17, 15) is 4.79 Å². The molecule has 3 heterocycles. The lowest BCUT2D eigenvalue weighted by Crippen LogP contribution is -2.37. The van der Waals surface area contributed by atoms with Crippen molar-refractivity contribution in [3.8, 4) is 11.4 Å². The SMILES string of the molecule is CC.CCCC1(C)OCc2c(N3CCOCC3)nc(-c3ccc(NC(=O)NCC)cc3)nc21. The van der Waals surface area contributed by atoms with E-state index in [1.807, 2.05) is 45.0 Å². The summed E-state index contributed by atoms with van der Waals surface area (Å²) in [5.74, 6) is 1.63. The van der Waals surface area contributed by atoms with Crippen molar-refractivity contribution in [2.75, 3.05) is 43.1 Å². The number of benzene rings is 1. The molecule has 2 aliphatic rings. The summed E-state index contributed by atoms with van der Waals surface area (Å²) in [6, 6.07) is 7.42. The Bertz CT molecular complexity index is 928. The summed E-state index contributed by atoms with van der Waals surface area (Å²) in [6.07, 6.45) is 1.93. The number of urea groups is 1. The second kappa shape index (κ2) is 11.4. The Morgan fingerprint density at radius 2 is 1.82 bits per heavy atom. The van der Waals surface area contributed by atoms with E-state index < -0.39 is 5.60 Å². The Hall–Kier alpha value is -2.71. The van der Waals surface area contributed by atoms with Gasteiger partial charge in [-0.05, 0) is 44.5 Å². The summed E-state index contributed by atoms with van der Waals surface area (Å²) in [4.78, 5) is 24.0. The van der Waals surface area contributed by atoms with Crippen molar-refractivity contribution in [1.82, 2.24) is 15.3 Å². The molecule has 1 atom stereocenters. The number of nitrogens with one attached hydrogen (secondary N) is 2. The van der Waals surface area contributed by atoms with Crippen molar-refractivity contribution in [2.45, 2.75) is 59.7 Å². The zero-order valence-corrected chi connectivity index (χ0v) is 20.5. The molecule has 8 heteroatoms. The first-order valence-electron chi connectivity index (χ1n) is 12.1. The van der Waals surface area contributed by atoms with E-state index in [0.29, 0.717) is 32.2 Å². The molecule has 2 N–H and O–H groups in total. The highest BCUT2D eigenvalue weighted by molar-refractivity contribution is 5.89. The molecule has 0 aliphatic carbocycles. The van der Waals surface area contributed by atoms with Crippen molar-refractivity contribution in [3.63, 3.8) is 0 Å². The number of carbonyl (C=O) groups is 1. The van der Waals surface area contributed by atoms with Gasteiger partial charge < -0.3 is 25.0 Å². The Balaban J connectivity index is 0.00000149. The predicted molar refractivity (Wildman–Crippen MR) is 132 cm³/mol. The average Bonchev–Trinajstić information content (AvgIpc) is 3.17. The third kappa shape index (κ3) is 5.62. The zero-order valence-electron chi connectivity index (χ0n) is 20.5. The first-order chi connectivity index (χ1) is 16.0. The number of aromatic nitrogens is 2. The fraction of sp³-hybridized carbons (Fsp3) is 0.560. The molecule has 0 bridgehead atoms. The highest BCUT2D eigenvalue weighted by atomic mass is 16.5. The number of fused-ring (bicyclic) bond motifs is 1. The summed E-state index contributed by atoms with van der Waals surface area (Å²) < 4.78 is 11.8. The number of hydrogen-bond acceptors (Lipinski definition) is 6. The van der Waals surface area contributed by atoms with Crippen LogP contribution in [0.3, 0.4) is 0 Å². The zero-order chi connectivity index (χ0) is 23.8. The standard InChI is InChI=1S/C23H31N5O3.C2H6/c1-4-10-23(3)19-18(15-31-23)21(28-11-13-30-14-12-28)27-20(26-19)16-6-8-17(9-7-16)25-22(29)24-5-2;1-2/h6-9H,4-5,10-15H2,1-3H3,(H2,24,25,29);1-2H3. The molecule has 1 aromatic heterocycles. The molecule has 0 saturated carbocycles. The first kappa shape index (κ1) is 24.9. The lowest BCUT2D eigenvalue weighted by molar-refractivity contribution is -0.0321. The van der Waals surface area contributed by atoms with E-state index in [1.165, 1.54) is 0 Å². The van der Waals surface area contributed by atoms with Gasteiger partial charge in [0.2, 0.25) is 0 Å². The summed E-state index contributed by atoms with van der Waals surface area (Å²) >= 11 is 0. The first-order valence-corrected chi connectivity index (χ1v) is 12.1. The van der Waals surface area contributed by atoms with Gasteiger partial charge in [-0.2, -0.15) is 0 Å². The van der Waals surface area contributed by atoms with Gasteiger partial charge in [0.15, 0.2) is 5.82 Å². The van der Waals surface area contributed by atoms with Crippen LogP contribution in [0.2, 0.25) is 0 Å². The number of ether oxygens (including phenoxy) is 2. The van der Waals surface area contributed by atoms with Crippen LogP contribution < -0.4 is 15.5 Å². The van der Waals surface area contributed by atoms with E-state index in [0.717, 1.165) is 54.3 Å². The molecule has 0 radical (unpaired) electrons. The Kier molecular flexibility index (Phi) is 8.63. The molecule has 1 fully saturated rings. The topological polar surface area (TPSA) is 88.6 Å². The van der Waals surface area contributed by atoms with Crippen molar-refractivity contribution < 1.29 is 14.3 Å². The van der Waals surface area contributed by atoms with Crippen LogP contribution in [0.15, 0.2) is 24.3 Å². The molecule has 2 aromatic rings. The lowest BCUT2D eigenvalue weighted by Gasteiger charge is -2.30. The highest BCUT2D eigenvalue weighted by Gasteiger charge is 2.40. The molecule has 180 valence electrons. The van der Waals surface area contributed by atoms with Crippen molar-refractivity contribution in [3.05, 3.63) is 35.5 Å². The number of amides is 2. The summed E-state index contributed by atoms with van der Waals surface area (Å²) in [5.41, 5.74) is 3.32. The van der Waals surface area contributed by atoms with Gasteiger partial charge in [0.1, 0.15) is 11.4 Å². The molecule has 1 saturated heterocycles. The van der Waals surface area contributed by atoms with Gasteiger partial charge in [-0.3, -0.25) is 0 Å².